The number of hydrogen-bond donors (Lipinski definition) is 2. The van der Waals surface area contributed by atoms with Crippen LogP contribution >= 0.6 is 11.6 Å². The summed E-state index contributed by atoms with van der Waals surface area (Å²) in [5.74, 6) is -0.214. The van der Waals surface area contributed by atoms with Gasteiger partial charge in [0.2, 0.25) is 0 Å². The SMILES string of the molecule is Cc1ccc(S(=O)(=O)Nc2cncc(C(=O)c3cn(C)c4ncnc(N)c34)c2)cc1Cl. The van der Waals surface area contributed by atoms with E-state index in [0.717, 1.165) is 5.56 Å². The van der Waals surface area contributed by atoms with Crippen LogP contribution in [-0.4, -0.2) is 33.7 Å². The molecule has 3 aromatic heterocycles. The second-order valence-corrected chi connectivity index (χ2v) is 9.01. The number of nitrogen functional groups attached to an aromatic ring is 1. The minimum absolute atomic E-state index is 0.00111. The lowest BCUT2D eigenvalue weighted by molar-refractivity contribution is 0.103. The van der Waals surface area contributed by atoms with E-state index in [9.17, 15) is 13.2 Å². The first kappa shape index (κ1) is 20.8. The van der Waals surface area contributed by atoms with Crippen LogP contribution in [0.3, 0.4) is 0 Å². The van der Waals surface area contributed by atoms with E-state index in [1.54, 1.807) is 30.8 Å². The number of benzene rings is 1. The van der Waals surface area contributed by atoms with Gasteiger partial charge in [-0.25, -0.2) is 18.4 Å². The number of aryl methyl sites for hydroxylation is 2. The largest absolute Gasteiger partial charge is 0.383 e. The summed E-state index contributed by atoms with van der Waals surface area (Å²) < 4.78 is 29.5. The molecular formula is C20H17ClN6O3S. The van der Waals surface area contributed by atoms with Crippen molar-refractivity contribution in [2.24, 2.45) is 7.05 Å². The molecule has 4 aromatic rings. The molecule has 0 aliphatic rings. The van der Waals surface area contributed by atoms with E-state index < -0.39 is 10.0 Å². The van der Waals surface area contributed by atoms with Crippen LogP contribution in [0.1, 0.15) is 21.5 Å². The van der Waals surface area contributed by atoms with Gasteiger partial charge in [-0.05, 0) is 30.7 Å². The summed E-state index contributed by atoms with van der Waals surface area (Å²) in [6, 6.07) is 5.83. The van der Waals surface area contributed by atoms with Crippen molar-refractivity contribution in [2.45, 2.75) is 11.8 Å². The number of aromatic nitrogens is 4. The Balaban J connectivity index is 1.69. The van der Waals surface area contributed by atoms with Crippen molar-refractivity contribution in [3.63, 3.8) is 0 Å². The lowest BCUT2D eigenvalue weighted by Gasteiger charge is -2.10. The fourth-order valence-electron chi connectivity index (χ4n) is 3.14. The lowest BCUT2D eigenvalue weighted by atomic mass is 10.1. The summed E-state index contributed by atoms with van der Waals surface area (Å²) in [6.07, 6.45) is 5.58. The summed E-state index contributed by atoms with van der Waals surface area (Å²) in [7, 11) is -2.19. The maximum atomic E-state index is 13.1. The Kier molecular flexibility index (Phi) is 5.11. The fraction of sp³-hybridized carbons (Fsp3) is 0.100. The van der Waals surface area contributed by atoms with Gasteiger partial charge in [0.15, 0.2) is 5.78 Å². The third kappa shape index (κ3) is 3.82. The van der Waals surface area contributed by atoms with Gasteiger partial charge in [0, 0.05) is 30.0 Å². The molecule has 4 rings (SSSR count). The molecule has 0 saturated carbocycles. The molecule has 0 unspecified atom stereocenters. The fourth-order valence-corrected chi connectivity index (χ4v) is 4.44. The Morgan fingerprint density at radius 1 is 1.19 bits per heavy atom. The van der Waals surface area contributed by atoms with Gasteiger partial charge in [0.25, 0.3) is 10.0 Å². The molecule has 1 aromatic carbocycles. The van der Waals surface area contributed by atoms with Crippen LogP contribution in [-0.2, 0) is 17.1 Å². The average molecular weight is 457 g/mol. The monoisotopic (exact) mass is 456 g/mol. The van der Waals surface area contributed by atoms with E-state index in [1.807, 2.05) is 0 Å². The van der Waals surface area contributed by atoms with E-state index in [2.05, 4.69) is 19.7 Å². The Hall–Kier alpha value is -3.50. The summed E-state index contributed by atoms with van der Waals surface area (Å²) in [4.78, 5) is 25.2. The number of nitrogens with zero attached hydrogens (tertiary/aromatic N) is 4. The smallest absolute Gasteiger partial charge is 0.261 e. The Bertz CT molecular complexity index is 1450. The molecular weight excluding hydrogens is 440 g/mol. The van der Waals surface area contributed by atoms with Gasteiger partial charge in [-0.1, -0.05) is 17.7 Å². The van der Waals surface area contributed by atoms with Crippen molar-refractivity contribution in [2.75, 3.05) is 10.5 Å². The lowest BCUT2D eigenvalue weighted by Crippen LogP contribution is -2.14. The highest BCUT2D eigenvalue weighted by Crippen LogP contribution is 2.27. The summed E-state index contributed by atoms with van der Waals surface area (Å²) in [6.45, 7) is 1.77. The molecule has 0 bridgehead atoms. The molecule has 158 valence electrons. The number of anilines is 2. The molecule has 0 spiro atoms. The Morgan fingerprint density at radius 3 is 2.71 bits per heavy atom. The molecule has 0 aliphatic heterocycles. The van der Waals surface area contributed by atoms with Crippen molar-refractivity contribution >= 4 is 49.9 Å². The quantitative estimate of drug-likeness (QED) is 0.441. The highest BCUT2D eigenvalue weighted by Gasteiger charge is 2.21. The van der Waals surface area contributed by atoms with Gasteiger partial charge in [-0.2, -0.15) is 0 Å². The average Bonchev–Trinajstić information content (AvgIpc) is 3.07. The summed E-state index contributed by atoms with van der Waals surface area (Å²) in [5.41, 5.74) is 7.82. The molecule has 0 amide bonds. The second kappa shape index (κ2) is 7.64. The standard InChI is InChI=1S/C20H17ClN6O3S/c1-11-3-4-14(6-16(11)21)31(29,30)26-13-5-12(7-23-8-13)18(28)15-9-27(2)20-17(15)19(22)24-10-25-20/h3-10,26H,1-2H3,(H2,22,24,25). The zero-order valence-electron chi connectivity index (χ0n) is 16.5. The molecule has 11 heteroatoms. The number of rotatable bonds is 5. The number of carbonyl (C=O) groups is 1. The molecule has 0 fully saturated rings. The van der Waals surface area contributed by atoms with Crippen molar-refractivity contribution in [3.8, 4) is 0 Å². The van der Waals surface area contributed by atoms with Crippen molar-refractivity contribution in [3.05, 3.63) is 70.9 Å². The number of nitrogens with two attached hydrogens (primary N) is 1. The molecule has 31 heavy (non-hydrogen) atoms. The predicted molar refractivity (Wildman–Crippen MR) is 118 cm³/mol. The first-order valence-corrected chi connectivity index (χ1v) is 10.9. The van der Waals surface area contributed by atoms with Crippen LogP contribution in [0.4, 0.5) is 11.5 Å². The number of fused-ring (bicyclic) bond motifs is 1. The Morgan fingerprint density at radius 2 is 1.97 bits per heavy atom. The van der Waals surface area contributed by atoms with E-state index in [-0.39, 0.29) is 27.7 Å². The molecule has 0 saturated heterocycles. The van der Waals surface area contributed by atoms with Crippen LogP contribution in [0.5, 0.6) is 0 Å². The summed E-state index contributed by atoms with van der Waals surface area (Å²) in [5, 5.41) is 0.760. The number of nitrogens with one attached hydrogen (secondary N) is 1. The van der Waals surface area contributed by atoms with Gasteiger partial charge in [-0.3, -0.25) is 14.5 Å². The molecule has 0 aliphatic carbocycles. The number of ketones is 1. The molecule has 0 radical (unpaired) electrons. The minimum atomic E-state index is -3.93. The zero-order chi connectivity index (χ0) is 22.3. The van der Waals surface area contributed by atoms with Crippen LogP contribution in [0, 0.1) is 6.92 Å². The second-order valence-electron chi connectivity index (χ2n) is 6.92. The van der Waals surface area contributed by atoms with Crippen LogP contribution in [0.15, 0.2) is 54.1 Å². The maximum Gasteiger partial charge on any atom is 0.261 e. The number of pyridine rings is 1. The maximum absolute atomic E-state index is 13.1. The zero-order valence-corrected chi connectivity index (χ0v) is 18.1. The normalized spacial score (nSPS) is 11.6. The van der Waals surface area contributed by atoms with Crippen LogP contribution in [0.2, 0.25) is 5.02 Å². The van der Waals surface area contributed by atoms with Crippen molar-refractivity contribution in [1.29, 1.82) is 0 Å². The molecule has 3 N–H and O–H groups in total. The van der Waals surface area contributed by atoms with E-state index in [1.165, 1.54) is 36.9 Å². The Labute approximate surface area is 183 Å². The van der Waals surface area contributed by atoms with Gasteiger partial charge in [-0.15, -0.1) is 0 Å². The highest BCUT2D eigenvalue weighted by atomic mass is 35.5. The topological polar surface area (TPSA) is 133 Å². The van der Waals surface area contributed by atoms with Crippen molar-refractivity contribution in [1.82, 2.24) is 19.5 Å². The third-order valence-corrected chi connectivity index (χ3v) is 6.52. The van der Waals surface area contributed by atoms with Crippen LogP contribution < -0.4 is 10.5 Å². The number of hydrogen-bond acceptors (Lipinski definition) is 7. The van der Waals surface area contributed by atoms with Crippen LogP contribution in [0.25, 0.3) is 11.0 Å². The molecule has 3 heterocycles. The highest BCUT2D eigenvalue weighted by molar-refractivity contribution is 7.92. The van der Waals surface area contributed by atoms with Gasteiger partial charge < -0.3 is 10.3 Å². The van der Waals surface area contributed by atoms with Gasteiger partial charge in [0.05, 0.1) is 27.7 Å². The minimum Gasteiger partial charge on any atom is -0.383 e. The van der Waals surface area contributed by atoms with Crippen molar-refractivity contribution < 1.29 is 13.2 Å². The van der Waals surface area contributed by atoms with E-state index >= 15 is 0 Å². The molecule has 9 nitrogen and oxygen atoms in total. The first-order chi connectivity index (χ1) is 14.7. The number of sulfonamides is 1. The number of halogens is 1. The predicted octanol–water partition coefficient (Wildman–Crippen LogP) is 2.94. The third-order valence-electron chi connectivity index (χ3n) is 4.73. The van der Waals surface area contributed by atoms with Gasteiger partial charge >= 0.3 is 0 Å². The number of carbonyl (C=O) groups excluding carboxylic acids is 1. The summed E-state index contributed by atoms with van der Waals surface area (Å²) >= 11 is 6.05. The van der Waals surface area contributed by atoms with Gasteiger partial charge in [0.1, 0.15) is 17.8 Å². The first-order valence-electron chi connectivity index (χ1n) is 9.01. The van der Waals surface area contributed by atoms with E-state index in [4.69, 9.17) is 17.3 Å². The van der Waals surface area contributed by atoms with E-state index in [0.29, 0.717) is 21.6 Å². The molecule has 0 atom stereocenters.